The van der Waals surface area contributed by atoms with E-state index in [1.54, 1.807) is 0 Å². The molecule has 2 nitrogen and oxygen atoms in total. The number of thiol groups is 1. The molecule has 1 fully saturated rings. The van der Waals surface area contributed by atoms with Crippen LogP contribution < -0.4 is 0 Å². The molecule has 0 aromatic rings. The van der Waals surface area contributed by atoms with Gasteiger partial charge in [0.1, 0.15) is 0 Å². The van der Waals surface area contributed by atoms with Crippen molar-refractivity contribution in [3.05, 3.63) is 0 Å². The minimum Gasteiger partial charge on any atom is -0.312 e. The third-order valence-electron chi connectivity index (χ3n) is 1.89. The Morgan fingerprint density at radius 3 is 2.20 bits per heavy atom. The fraction of sp³-hybridized carbons (Fsp3) is 1.00. The number of halogens is 1. The second kappa shape index (κ2) is 4.59. The fourth-order valence-corrected chi connectivity index (χ4v) is 1.95. The Hall–Kier alpha value is 0.750. The third kappa shape index (κ3) is 2.12. The molecular formula is C6H11BrO2S. The van der Waals surface area contributed by atoms with E-state index in [0.29, 0.717) is 0 Å². The zero-order valence-electron chi connectivity index (χ0n) is 5.62. The van der Waals surface area contributed by atoms with E-state index in [1.165, 1.54) is 12.8 Å². The Morgan fingerprint density at radius 2 is 1.80 bits per heavy atom. The van der Waals surface area contributed by atoms with Crippen LogP contribution in [0.3, 0.4) is 0 Å². The molecule has 0 aliphatic heterocycles. The lowest BCUT2D eigenvalue weighted by atomic mass is 9.95. The standard InChI is InChI=1S/C6H11BrO2S/c7-8-5-3-1-2-4-6(5)9-10/h5-6,10H,1-4H2/t5-,6+/m0/s1. The molecule has 1 aliphatic rings. The van der Waals surface area contributed by atoms with Gasteiger partial charge in [-0.3, -0.25) is 0 Å². The molecule has 0 bridgehead atoms. The number of hydrogen-bond acceptors (Lipinski definition) is 3. The molecule has 0 spiro atoms. The van der Waals surface area contributed by atoms with Crippen molar-refractivity contribution in [2.24, 2.45) is 0 Å². The SMILES string of the molecule is SO[C@@H]1CCCC[C@@H]1OBr. The first-order chi connectivity index (χ1) is 4.88. The summed E-state index contributed by atoms with van der Waals surface area (Å²) >= 11 is 6.75. The zero-order valence-corrected chi connectivity index (χ0v) is 8.11. The molecule has 0 unspecified atom stereocenters. The molecule has 0 amide bonds. The maximum Gasteiger partial charge on any atom is 0.0994 e. The first-order valence-corrected chi connectivity index (χ1v) is 4.47. The average Bonchev–Trinajstić information content (AvgIpc) is 2.04. The minimum absolute atomic E-state index is 0.163. The first-order valence-electron chi connectivity index (χ1n) is 3.46. The van der Waals surface area contributed by atoms with Crippen LogP contribution in [0, 0.1) is 0 Å². The molecule has 2 atom stereocenters. The van der Waals surface area contributed by atoms with Crippen molar-refractivity contribution in [1.29, 1.82) is 0 Å². The van der Waals surface area contributed by atoms with Crippen LogP contribution in [0.5, 0.6) is 0 Å². The topological polar surface area (TPSA) is 18.5 Å². The molecule has 0 saturated heterocycles. The molecule has 0 heterocycles. The quantitative estimate of drug-likeness (QED) is 0.577. The van der Waals surface area contributed by atoms with Gasteiger partial charge in [-0.05, 0) is 25.8 Å². The van der Waals surface area contributed by atoms with E-state index in [0.717, 1.165) is 12.8 Å². The van der Waals surface area contributed by atoms with Crippen molar-refractivity contribution in [3.8, 4) is 0 Å². The van der Waals surface area contributed by atoms with Crippen molar-refractivity contribution in [2.75, 3.05) is 0 Å². The zero-order chi connectivity index (χ0) is 7.40. The molecule has 60 valence electrons. The van der Waals surface area contributed by atoms with Gasteiger partial charge in [0, 0.05) is 0 Å². The lowest BCUT2D eigenvalue weighted by Crippen LogP contribution is -2.30. The summed E-state index contributed by atoms with van der Waals surface area (Å²) in [6, 6.07) is 0. The van der Waals surface area contributed by atoms with Crippen LogP contribution in [-0.2, 0) is 8.01 Å². The van der Waals surface area contributed by atoms with Gasteiger partial charge in [0.15, 0.2) is 0 Å². The van der Waals surface area contributed by atoms with Gasteiger partial charge in [0.05, 0.1) is 28.5 Å². The van der Waals surface area contributed by atoms with Crippen LogP contribution in [0.1, 0.15) is 25.7 Å². The van der Waals surface area contributed by atoms with Crippen LogP contribution >= 0.6 is 29.2 Å². The molecule has 10 heavy (non-hydrogen) atoms. The summed E-state index contributed by atoms with van der Waals surface area (Å²) in [7, 11) is 0. The summed E-state index contributed by atoms with van der Waals surface area (Å²) in [4.78, 5) is 0. The second-order valence-electron chi connectivity index (χ2n) is 2.56. The maximum absolute atomic E-state index is 5.03. The molecule has 0 aromatic carbocycles. The molecule has 4 heteroatoms. The Bertz CT molecular complexity index is 89.7. The maximum atomic E-state index is 5.03. The number of hydrogen-bond donors (Lipinski definition) is 1. The first kappa shape index (κ1) is 8.84. The highest BCUT2D eigenvalue weighted by Crippen LogP contribution is 2.25. The van der Waals surface area contributed by atoms with Gasteiger partial charge in [-0.25, -0.2) is 0 Å². The smallest absolute Gasteiger partial charge is 0.0994 e. The molecule has 1 aliphatic carbocycles. The Kier molecular flexibility index (Phi) is 4.06. The van der Waals surface area contributed by atoms with Crippen molar-refractivity contribution >= 4 is 29.2 Å². The van der Waals surface area contributed by atoms with Gasteiger partial charge in [0.25, 0.3) is 0 Å². The van der Waals surface area contributed by atoms with E-state index in [1.807, 2.05) is 0 Å². The van der Waals surface area contributed by atoms with Gasteiger partial charge in [-0.2, -0.15) is 0 Å². The van der Waals surface area contributed by atoms with Crippen molar-refractivity contribution in [2.45, 2.75) is 37.9 Å². The van der Waals surface area contributed by atoms with Gasteiger partial charge in [0.2, 0.25) is 0 Å². The highest BCUT2D eigenvalue weighted by atomic mass is 79.9. The van der Waals surface area contributed by atoms with Crippen molar-refractivity contribution in [3.63, 3.8) is 0 Å². The predicted octanol–water partition coefficient (Wildman–Crippen LogP) is 2.49. The fourth-order valence-electron chi connectivity index (χ4n) is 1.29. The summed E-state index contributed by atoms with van der Waals surface area (Å²) in [5.74, 6) is 0. The Labute approximate surface area is 75.3 Å². The lowest BCUT2D eigenvalue weighted by Gasteiger charge is -2.26. The Balaban J connectivity index is 2.34. The van der Waals surface area contributed by atoms with Gasteiger partial charge < -0.3 is 8.01 Å². The van der Waals surface area contributed by atoms with E-state index in [9.17, 15) is 0 Å². The van der Waals surface area contributed by atoms with Gasteiger partial charge >= 0.3 is 0 Å². The molecule has 1 saturated carbocycles. The van der Waals surface area contributed by atoms with Crippen LogP contribution in [-0.4, -0.2) is 12.2 Å². The molecule has 0 radical (unpaired) electrons. The summed E-state index contributed by atoms with van der Waals surface area (Å²) in [5.41, 5.74) is 0. The average molecular weight is 227 g/mol. The minimum atomic E-state index is 0.163. The largest absolute Gasteiger partial charge is 0.312 e. The highest BCUT2D eigenvalue weighted by Gasteiger charge is 2.25. The van der Waals surface area contributed by atoms with E-state index in [4.69, 9.17) is 8.01 Å². The van der Waals surface area contributed by atoms with E-state index in [2.05, 4.69) is 29.2 Å². The highest BCUT2D eigenvalue weighted by molar-refractivity contribution is 9.06. The van der Waals surface area contributed by atoms with E-state index in [-0.39, 0.29) is 12.2 Å². The van der Waals surface area contributed by atoms with E-state index >= 15 is 0 Å². The van der Waals surface area contributed by atoms with Crippen LogP contribution in [0.25, 0.3) is 0 Å². The van der Waals surface area contributed by atoms with Crippen LogP contribution in [0.2, 0.25) is 0 Å². The van der Waals surface area contributed by atoms with E-state index < -0.39 is 0 Å². The molecule has 0 aromatic heterocycles. The van der Waals surface area contributed by atoms with Gasteiger partial charge in [-0.1, -0.05) is 12.8 Å². The van der Waals surface area contributed by atoms with Crippen molar-refractivity contribution < 1.29 is 8.01 Å². The monoisotopic (exact) mass is 226 g/mol. The van der Waals surface area contributed by atoms with Gasteiger partial charge in [-0.15, -0.1) is 0 Å². The van der Waals surface area contributed by atoms with Crippen LogP contribution in [0.15, 0.2) is 0 Å². The normalized spacial score (nSPS) is 34.2. The molecule has 1 rings (SSSR count). The lowest BCUT2D eigenvalue weighted by molar-refractivity contribution is 0.0576. The summed E-state index contributed by atoms with van der Waals surface area (Å²) in [5, 5.41) is 0. The predicted molar refractivity (Wildman–Crippen MR) is 46.1 cm³/mol. The molecule has 0 N–H and O–H groups in total. The molecular weight excluding hydrogens is 216 g/mol. The Morgan fingerprint density at radius 1 is 1.20 bits per heavy atom. The van der Waals surface area contributed by atoms with Crippen molar-refractivity contribution in [1.82, 2.24) is 0 Å². The number of rotatable bonds is 2. The summed E-state index contributed by atoms with van der Waals surface area (Å²) in [6.07, 6.45) is 4.92. The summed E-state index contributed by atoms with van der Waals surface area (Å²) < 4.78 is 9.97. The third-order valence-corrected chi connectivity index (χ3v) is 2.64. The second-order valence-corrected chi connectivity index (χ2v) is 3.14. The summed E-state index contributed by atoms with van der Waals surface area (Å²) in [6.45, 7) is 0. The van der Waals surface area contributed by atoms with Crippen LogP contribution in [0.4, 0.5) is 0 Å².